The first-order valence-electron chi connectivity index (χ1n) is 6.69. The fraction of sp³-hybridized carbons (Fsp3) is 0.500. The molecule has 21 heavy (non-hydrogen) atoms. The summed E-state index contributed by atoms with van der Waals surface area (Å²) in [4.78, 5) is 12.3. The minimum Gasteiger partial charge on any atom is -0.347 e. The topological polar surface area (TPSA) is 89.3 Å². The number of nitrogens with two attached hydrogens (primary N) is 1. The third kappa shape index (κ3) is 4.28. The molecule has 7 heteroatoms. The van der Waals surface area contributed by atoms with Gasteiger partial charge >= 0.3 is 0 Å². The minimum absolute atomic E-state index is 0.0812. The Labute approximate surface area is 134 Å². The van der Waals surface area contributed by atoms with Crippen LogP contribution in [0, 0.1) is 6.92 Å². The predicted octanol–water partition coefficient (Wildman–Crippen LogP) is 2.71. The van der Waals surface area contributed by atoms with Crippen molar-refractivity contribution in [1.29, 1.82) is 0 Å². The van der Waals surface area contributed by atoms with Crippen molar-refractivity contribution in [2.75, 3.05) is 0 Å². The van der Waals surface area contributed by atoms with Gasteiger partial charge in [0.2, 0.25) is 10.0 Å². The summed E-state index contributed by atoms with van der Waals surface area (Å²) < 4.78 is 23.6. The van der Waals surface area contributed by atoms with Crippen LogP contribution < -0.4 is 10.5 Å². The van der Waals surface area contributed by atoms with Crippen LogP contribution in [-0.2, 0) is 10.0 Å². The van der Waals surface area contributed by atoms with E-state index in [0.717, 1.165) is 12.8 Å². The lowest BCUT2D eigenvalue weighted by Crippen LogP contribution is -2.45. The van der Waals surface area contributed by atoms with E-state index in [-0.39, 0.29) is 21.9 Å². The molecule has 0 fully saturated rings. The van der Waals surface area contributed by atoms with Gasteiger partial charge in [-0.25, -0.2) is 13.6 Å². The third-order valence-corrected chi connectivity index (χ3v) is 6.02. The summed E-state index contributed by atoms with van der Waals surface area (Å²) in [6.07, 6.45) is 1.57. The highest BCUT2D eigenvalue weighted by Gasteiger charge is 2.24. The van der Waals surface area contributed by atoms with Gasteiger partial charge < -0.3 is 5.32 Å². The van der Waals surface area contributed by atoms with E-state index in [1.807, 2.05) is 20.8 Å². The SMILES string of the molecule is CCC(C)(CC)NC(=O)c1cc(C)c(Br)c(S(N)(=O)=O)c1. The number of aryl methyl sites for hydroxylation is 1. The number of rotatable bonds is 5. The maximum absolute atomic E-state index is 12.4. The first-order valence-corrected chi connectivity index (χ1v) is 9.03. The van der Waals surface area contributed by atoms with Crippen molar-refractivity contribution in [2.45, 2.75) is 51.0 Å². The van der Waals surface area contributed by atoms with Gasteiger partial charge in [-0.15, -0.1) is 0 Å². The van der Waals surface area contributed by atoms with Crippen molar-refractivity contribution < 1.29 is 13.2 Å². The molecular formula is C14H21BrN2O3S. The normalized spacial score (nSPS) is 12.3. The monoisotopic (exact) mass is 376 g/mol. The lowest BCUT2D eigenvalue weighted by molar-refractivity contribution is 0.0900. The van der Waals surface area contributed by atoms with E-state index in [1.165, 1.54) is 6.07 Å². The average Bonchev–Trinajstić information content (AvgIpc) is 2.40. The van der Waals surface area contributed by atoms with E-state index in [0.29, 0.717) is 10.0 Å². The second kappa shape index (κ2) is 6.46. The molecular weight excluding hydrogens is 356 g/mol. The van der Waals surface area contributed by atoms with Gasteiger partial charge in [-0.3, -0.25) is 4.79 Å². The van der Waals surface area contributed by atoms with Crippen LogP contribution in [0.2, 0.25) is 0 Å². The maximum Gasteiger partial charge on any atom is 0.251 e. The highest BCUT2D eigenvalue weighted by atomic mass is 79.9. The summed E-state index contributed by atoms with van der Waals surface area (Å²) in [7, 11) is -3.89. The molecule has 0 spiro atoms. The Morgan fingerprint density at radius 2 is 1.86 bits per heavy atom. The molecule has 0 atom stereocenters. The van der Waals surface area contributed by atoms with Crippen LogP contribution in [0.25, 0.3) is 0 Å². The molecule has 0 aliphatic rings. The van der Waals surface area contributed by atoms with Gasteiger partial charge in [-0.05, 0) is 60.3 Å². The zero-order valence-electron chi connectivity index (χ0n) is 12.7. The van der Waals surface area contributed by atoms with Crippen LogP contribution in [0.5, 0.6) is 0 Å². The average molecular weight is 377 g/mol. The fourth-order valence-corrected chi connectivity index (χ4v) is 3.46. The number of nitrogens with one attached hydrogen (secondary N) is 1. The Morgan fingerprint density at radius 1 is 1.33 bits per heavy atom. The predicted molar refractivity (Wildman–Crippen MR) is 86.7 cm³/mol. The zero-order valence-corrected chi connectivity index (χ0v) is 15.1. The first-order chi connectivity index (χ1) is 9.54. The maximum atomic E-state index is 12.4. The van der Waals surface area contributed by atoms with Gasteiger partial charge in [0.05, 0.1) is 4.90 Å². The Morgan fingerprint density at radius 3 is 2.29 bits per heavy atom. The number of primary sulfonamides is 1. The number of amides is 1. The van der Waals surface area contributed by atoms with Crippen molar-refractivity contribution in [2.24, 2.45) is 5.14 Å². The molecule has 1 amide bonds. The standard InChI is InChI=1S/C14H21BrN2O3S/c1-5-14(4,6-2)17-13(18)10-7-9(3)12(15)11(8-10)21(16,19)20/h7-8H,5-6H2,1-4H3,(H,17,18)(H2,16,19,20). The second-order valence-corrected chi connectivity index (χ2v) is 7.70. The largest absolute Gasteiger partial charge is 0.347 e. The summed E-state index contributed by atoms with van der Waals surface area (Å²) in [6.45, 7) is 7.66. The highest BCUT2D eigenvalue weighted by Crippen LogP contribution is 2.27. The molecule has 3 N–H and O–H groups in total. The van der Waals surface area contributed by atoms with E-state index in [4.69, 9.17) is 5.14 Å². The van der Waals surface area contributed by atoms with Crippen LogP contribution in [0.4, 0.5) is 0 Å². The summed E-state index contributed by atoms with van der Waals surface area (Å²) in [5.41, 5.74) is 0.606. The fourth-order valence-electron chi connectivity index (χ4n) is 1.85. The van der Waals surface area contributed by atoms with Crippen molar-refractivity contribution in [3.63, 3.8) is 0 Å². The van der Waals surface area contributed by atoms with E-state index < -0.39 is 10.0 Å². The van der Waals surface area contributed by atoms with Crippen molar-refractivity contribution in [3.8, 4) is 0 Å². The van der Waals surface area contributed by atoms with Crippen molar-refractivity contribution in [3.05, 3.63) is 27.7 Å². The molecule has 0 unspecified atom stereocenters. The van der Waals surface area contributed by atoms with E-state index in [9.17, 15) is 13.2 Å². The number of benzene rings is 1. The minimum atomic E-state index is -3.89. The summed E-state index contributed by atoms with van der Waals surface area (Å²) >= 11 is 3.20. The van der Waals surface area contributed by atoms with Gasteiger partial charge in [0.1, 0.15) is 0 Å². The van der Waals surface area contributed by atoms with Crippen molar-refractivity contribution >= 4 is 31.9 Å². The third-order valence-electron chi connectivity index (χ3n) is 3.77. The van der Waals surface area contributed by atoms with E-state index in [1.54, 1.807) is 13.0 Å². The molecule has 1 aromatic rings. The number of carbonyl (C=O) groups is 1. The van der Waals surface area contributed by atoms with Gasteiger partial charge in [0.15, 0.2) is 0 Å². The lowest BCUT2D eigenvalue weighted by atomic mass is 9.95. The Kier molecular flexibility index (Phi) is 5.57. The molecule has 5 nitrogen and oxygen atoms in total. The van der Waals surface area contributed by atoms with Gasteiger partial charge in [-0.2, -0.15) is 0 Å². The molecule has 1 rings (SSSR count). The van der Waals surface area contributed by atoms with Crippen LogP contribution in [0.15, 0.2) is 21.5 Å². The number of halogens is 1. The quantitative estimate of drug-likeness (QED) is 0.827. The van der Waals surface area contributed by atoms with Crippen molar-refractivity contribution in [1.82, 2.24) is 5.32 Å². The molecule has 0 radical (unpaired) electrons. The first kappa shape index (κ1) is 18.1. The second-order valence-electron chi connectivity index (χ2n) is 5.37. The summed E-state index contributed by atoms with van der Waals surface area (Å²) in [5.74, 6) is -0.304. The van der Waals surface area contributed by atoms with Gasteiger partial charge in [-0.1, -0.05) is 13.8 Å². The molecule has 0 aliphatic carbocycles. The molecule has 0 heterocycles. The molecule has 0 saturated heterocycles. The number of hydrogen-bond acceptors (Lipinski definition) is 3. The lowest BCUT2D eigenvalue weighted by Gasteiger charge is -2.28. The van der Waals surface area contributed by atoms with Crippen LogP contribution >= 0.6 is 15.9 Å². The molecule has 0 saturated carbocycles. The molecule has 0 aliphatic heterocycles. The summed E-state index contributed by atoms with van der Waals surface area (Å²) in [6, 6.07) is 2.94. The Bertz CT molecular complexity index is 652. The van der Waals surface area contributed by atoms with Gasteiger partial charge in [0, 0.05) is 15.6 Å². The van der Waals surface area contributed by atoms with Crippen LogP contribution in [0.3, 0.4) is 0 Å². The summed E-state index contributed by atoms with van der Waals surface area (Å²) in [5, 5.41) is 8.13. The van der Waals surface area contributed by atoms with E-state index in [2.05, 4.69) is 21.2 Å². The molecule has 118 valence electrons. The van der Waals surface area contributed by atoms with E-state index >= 15 is 0 Å². The highest BCUT2D eigenvalue weighted by molar-refractivity contribution is 9.10. The molecule has 1 aromatic carbocycles. The zero-order chi connectivity index (χ0) is 16.4. The number of carbonyl (C=O) groups excluding carboxylic acids is 1. The smallest absolute Gasteiger partial charge is 0.251 e. The Hall–Kier alpha value is -0.920. The number of hydrogen-bond donors (Lipinski definition) is 2. The van der Waals surface area contributed by atoms with Crippen LogP contribution in [0.1, 0.15) is 49.5 Å². The number of sulfonamides is 1. The molecule has 0 bridgehead atoms. The Balaban J connectivity index is 3.27. The van der Waals surface area contributed by atoms with Gasteiger partial charge in [0.25, 0.3) is 5.91 Å². The molecule has 0 aromatic heterocycles. The van der Waals surface area contributed by atoms with Crippen LogP contribution in [-0.4, -0.2) is 19.9 Å².